The molecule has 1 fully saturated rings. The smallest absolute Gasteiger partial charge is 0.326 e. The molecular formula is C19H24N2O6. The molecule has 1 atom stereocenters. The molecule has 1 aliphatic rings. The highest BCUT2D eigenvalue weighted by molar-refractivity contribution is 5.90. The van der Waals surface area contributed by atoms with Crippen LogP contribution in [0.1, 0.15) is 31.7 Å². The second-order valence-electron chi connectivity index (χ2n) is 6.38. The Morgan fingerprint density at radius 2 is 1.89 bits per heavy atom. The van der Waals surface area contributed by atoms with Crippen molar-refractivity contribution < 1.29 is 29.0 Å². The zero-order chi connectivity index (χ0) is 19.8. The summed E-state index contributed by atoms with van der Waals surface area (Å²) in [6.45, 7) is 1.67. The summed E-state index contributed by atoms with van der Waals surface area (Å²) in [4.78, 5) is 49.1. The fourth-order valence-corrected chi connectivity index (χ4v) is 2.67. The Balaban J connectivity index is 1.94. The maximum absolute atomic E-state index is 12.5. The fraction of sp³-hybridized carbons (Fsp3) is 0.474. The van der Waals surface area contributed by atoms with E-state index in [1.165, 1.54) is 4.90 Å². The molecule has 146 valence electrons. The molecule has 2 amide bonds. The fourth-order valence-electron chi connectivity index (χ4n) is 2.67. The zero-order valence-corrected chi connectivity index (χ0v) is 15.2. The number of rotatable bonds is 10. The molecule has 0 aliphatic heterocycles. The van der Waals surface area contributed by atoms with Gasteiger partial charge in [-0.15, -0.1) is 0 Å². The molecule has 0 unspecified atom stereocenters. The molecule has 0 bridgehead atoms. The summed E-state index contributed by atoms with van der Waals surface area (Å²) in [5.41, 5.74) is 0.743. The van der Waals surface area contributed by atoms with Crippen molar-refractivity contribution in [3.8, 4) is 0 Å². The van der Waals surface area contributed by atoms with E-state index in [9.17, 15) is 24.3 Å². The normalized spacial score (nSPS) is 14.1. The van der Waals surface area contributed by atoms with Crippen LogP contribution in [0.15, 0.2) is 30.3 Å². The number of carboxylic acid groups (broad SMARTS) is 1. The summed E-state index contributed by atoms with van der Waals surface area (Å²) in [7, 11) is 0. The van der Waals surface area contributed by atoms with Gasteiger partial charge in [0.2, 0.25) is 11.8 Å². The Hall–Kier alpha value is -2.90. The van der Waals surface area contributed by atoms with E-state index in [2.05, 4.69) is 5.32 Å². The van der Waals surface area contributed by atoms with Gasteiger partial charge in [0.1, 0.15) is 12.6 Å². The van der Waals surface area contributed by atoms with E-state index in [0.29, 0.717) is 0 Å². The van der Waals surface area contributed by atoms with Crippen LogP contribution in [0.4, 0.5) is 0 Å². The third-order valence-electron chi connectivity index (χ3n) is 4.13. The first-order chi connectivity index (χ1) is 12.9. The number of benzene rings is 1. The maximum atomic E-state index is 12.5. The molecule has 1 saturated carbocycles. The lowest BCUT2D eigenvalue weighted by Crippen LogP contribution is -2.47. The Morgan fingerprint density at radius 3 is 2.44 bits per heavy atom. The van der Waals surface area contributed by atoms with E-state index in [1.807, 2.05) is 6.07 Å². The Kier molecular flexibility index (Phi) is 7.34. The predicted octanol–water partition coefficient (Wildman–Crippen LogP) is 0.743. The number of nitrogens with zero attached hydrogens (tertiary/aromatic N) is 1. The van der Waals surface area contributed by atoms with Gasteiger partial charge in [-0.3, -0.25) is 14.4 Å². The number of esters is 1. The third kappa shape index (κ3) is 6.73. The van der Waals surface area contributed by atoms with Crippen LogP contribution in [0.3, 0.4) is 0 Å². The van der Waals surface area contributed by atoms with Crippen LogP contribution in [0, 0.1) is 0 Å². The summed E-state index contributed by atoms with van der Waals surface area (Å²) in [5, 5.41) is 11.7. The van der Waals surface area contributed by atoms with Gasteiger partial charge in [0.25, 0.3) is 0 Å². The highest BCUT2D eigenvalue weighted by Crippen LogP contribution is 2.27. The van der Waals surface area contributed by atoms with Crippen LogP contribution < -0.4 is 5.32 Å². The van der Waals surface area contributed by atoms with Gasteiger partial charge >= 0.3 is 11.9 Å². The predicted molar refractivity (Wildman–Crippen MR) is 95.7 cm³/mol. The molecule has 0 aromatic heterocycles. The largest absolute Gasteiger partial charge is 0.480 e. The minimum Gasteiger partial charge on any atom is -0.480 e. The molecule has 27 heavy (non-hydrogen) atoms. The van der Waals surface area contributed by atoms with Gasteiger partial charge in [-0.25, -0.2) is 4.79 Å². The van der Waals surface area contributed by atoms with Crippen LogP contribution in [0.5, 0.6) is 0 Å². The lowest BCUT2D eigenvalue weighted by Gasteiger charge is -2.23. The molecule has 0 spiro atoms. The van der Waals surface area contributed by atoms with Gasteiger partial charge in [-0.05, 0) is 25.3 Å². The van der Waals surface area contributed by atoms with Crippen LogP contribution in [0.25, 0.3) is 0 Å². The monoisotopic (exact) mass is 376 g/mol. The molecule has 0 radical (unpaired) electrons. The van der Waals surface area contributed by atoms with E-state index in [0.717, 1.165) is 18.4 Å². The van der Waals surface area contributed by atoms with Gasteiger partial charge in [-0.1, -0.05) is 30.3 Å². The first-order valence-corrected chi connectivity index (χ1v) is 8.92. The van der Waals surface area contributed by atoms with Crippen LogP contribution in [-0.2, 0) is 30.3 Å². The van der Waals surface area contributed by atoms with Crippen LogP contribution in [-0.4, -0.2) is 59.0 Å². The molecule has 0 saturated heterocycles. The van der Waals surface area contributed by atoms with Crippen molar-refractivity contribution in [3.05, 3.63) is 35.9 Å². The van der Waals surface area contributed by atoms with E-state index in [4.69, 9.17) is 4.74 Å². The van der Waals surface area contributed by atoms with Gasteiger partial charge in [0.05, 0.1) is 19.4 Å². The summed E-state index contributed by atoms with van der Waals surface area (Å²) >= 11 is 0. The van der Waals surface area contributed by atoms with Crippen molar-refractivity contribution >= 4 is 23.8 Å². The second-order valence-corrected chi connectivity index (χ2v) is 6.38. The number of carbonyl (C=O) groups excluding carboxylic acids is 3. The average molecular weight is 376 g/mol. The van der Waals surface area contributed by atoms with E-state index in [-0.39, 0.29) is 25.6 Å². The van der Waals surface area contributed by atoms with E-state index >= 15 is 0 Å². The van der Waals surface area contributed by atoms with Crippen LogP contribution in [0.2, 0.25) is 0 Å². The Morgan fingerprint density at radius 1 is 1.22 bits per heavy atom. The number of hydrogen-bond acceptors (Lipinski definition) is 5. The maximum Gasteiger partial charge on any atom is 0.326 e. The minimum absolute atomic E-state index is 0.0218. The number of aliphatic carboxylic acids is 1. The highest BCUT2D eigenvalue weighted by atomic mass is 16.5. The summed E-state index contributed by atoms with van der Waals surface area (Å²) < 4.78 is 4.86. The molecule has 2 rings (SSSR count). The average Bonchev–Trinajstić information content (AvgIpc) is 3.45. The first kappa shape index (κ1) is 20.4. The van der Waals surface area contributed by atoms with Crippen molar-refractivity contribution in [2.45, 2.75) is 44.7 Å². The van der Waals surface area contributed by atoms with E-state index in [1.54, 1.807) is 31.2 Å². The first-order valence-electron chi connectivity index (χ1n) is 8.92. The second kappa shape index (κ2) is 9.70. The number of carboxylic acids is 1. The number of hydrogen-bond donors (Lipinski definition) is 2. The van der Waals surface area contributed by atoms with Crippen molar-refractivity contribution in [3.63, 3.8) is 0 Å². The molecule has 1 aromatic rings. The number of amides is 2. The summed E-state index contributed by atoms with van der Waals surface area (Å²) in [5.74, 6) is -2.79. The van der Waals surface area contributed by atoms with Crippen molar-refractivity contribution in [2.24, 2.45) is 0 Å². The molecule has 0 heterocycles. The summed E-state index contributed by atoms with van der Waals surface area (Å²) in [6.07, 6.45) is 1.15. The SMILES string of the molecule is CCOC(=O)CN(C(=O)C[C@H](NC(=O)Cc1ccccc1)C(=O)O)C1CC1. The standard InChI is InChI=1S/C19H24N2O6/c1-2-27-18(24)12-21(14-8-9-14)17(23)11-15(19(25)26)20-16(22)10-13-6-4-3-5-7-13/h3-7,14-15H,2,8-12H2,1H3,(H,20,22)(H,25,26)/t15-/m0/s1. The van der Waals surface area contributed by atoms with Crippen LogP contribution >= 0.6 is 0 Å². The lowest BCUT2D eigenvalue weighted by atomic mass is 10.1. The van der Waals surface area contributed by atoms with Gasteiger partial charge < -0.3 is 20.1 Å². The van der Waals surface area contributed by atoms with Gasteiger partial charge in [-0.2, -0.15) is 0 Å². The Labute approximate surface area is 157 Å². The van der Waals surface area contributed by atoms with E-state index < -0.39 is 36.2 Å². The molecule has 8 heteroatoms. The topological polar surface area (TPSA) is 113 Å². The molecule has 2 N–H and O–H groups in total. The van der Waals surface area contributed by atoms with Crippen molar-refractivity contribution in [1.29, 1.82) is 0 Å². The summed E-state index contributed by atoms with van der Waals surface area (Å²) in [6, 6.07) is 7.47. The number of nitrogens with one attached hydrogen (secondary N) is 1. The molecule has 1 aliphatic carbocycles. The molecule has 8 nitrogen and oxygen atoms in total. The zero-order valence-electron chi connectivity index (χ0n) is 15.2. The van der Waals surface area contributed by atoms with Crippen molar-refractivity contribution in [2.75, 3.05) is 13.2 Å². The van der Waals surface area contributed by atoms with Gasteiger partial charge in [0, 0.05) is 6.04 Å². The number of ether oxygens (including phenoxy) is 1. The molecule has 1 aromatic carbocycles. The highest BCUT2D eigenvalue weighted by Gasteiger charge is 2.36. The molecular weight excluding hydrogens is 352 g/mol. The lowest BCUT2D eigenvalue weighted by molar-refractivity contribution is -0.150. The van der Waals surface area contributed by atoms with Crippen molar-refractivity contribution in [1.82, 2.24) is 10.2 Å². The Bertz CT molecular complexity index is 687. The van der Waals surface area contributed by atoms with Gasteiger partial charge in [0.15, 0.2) is 0 Å². The third-order valence-corrected chi connectivity index (χ3v) is 4.13. The minimum atomic E-state index is -1.35. The number of carbonyl (C=O) groups is 4. The quantitative estimate of drug-likeness (QED) is 0.583.